The summed E-state index contributed by atoms with van der Waals surface area (Å²) in [5.74, 6) is -1.92. The van der Waals surface area contributed by atoms with E-state index in [-0.39, 0.29) is 18.1 Å². The van der Waals surface area contributed by atoms with Crippen molar-refractivity contribution in [3.8, 4) is 0 Å². The van der Waals surface area contributed by atoms with E-state index in [0.29, 0.717) is 11.4 Å². The first kappa shape index (κ1) is 20.4. The van der Waals surface area contributed by atoms with Crippen molar-refractivity contribution in [2.75, 3.05) is 23.9 Å². The summed E-state index contributed by atoms with van der Waals surface area (Å²) in [5.41, 5.74) is 0.920. The van der Waals surface area contributed by atoms with Crippen LogP contribution in [0.5, 0.6) is 0 Å². The van der Waals surface area contributed by atoms with Gasteiger partial charge >= 0.3 is 5.97 Å². The van der Waals surface area contributed by atoms with E-state index in [1.807, 2.05) is 0 Å². The van der Waals surface area contributed by atoms with Crippen LogP contribution in [0, 0.1) is 5.82 Å². The highest BCUT2D eigenvalue weighted by atomic mass is 32.1. The van der Waals surface area contributed by atoms with Crippen LogP contribution in [-0.4, -0.2) is 47.5 Å². The number of benzene rings is 2. The molecular weight excluding hydrogens is 397 g/mol. The molecule has 1 N–H and O–H groups in total. The molecule has 0 bridgehead atoms. The molecule has 9 heteroatoms. The van der Waals surface area contributed by atoms with Crippen LogP contribution in [0.25, 0.3) is 0 Å². The van der Waals surface area contributed by atoms with Crippen molar-refractivity contribution in [1.82, 2.24) is 4.90 Å². The van der Waals surface area contributed by atoms with Crippen molar-refractivity contribution in [2.24, 2.45) is 0 Å². The minimum Gasteiger partial charge on any atom is -0.468 e. The molecule has 1 aliphatic heterocycles. The van der Waals surface area contributed by atoms with Crippen LogP contribution in [0.3, 0.4) is 0 Å². The first-order valence-electron chi connectivity index (χ1n) is 8.72. The molecule has 150 valence electrons. The fourth-order valence-corrected chi connectivity index (χ4v) is 3.27. The Kier molecular flexibility index (Phi) is 6.18. The van der Waals surface area contributed by atoms with E-state index in [0.717, 1.165) is 4.90 Å². The molecule has 1 heterocycles. The molecule has 3 rings (SSSR count). The van der Waals surface area contributed by atoms with Gasteiger partial charge in [0.2, 0.25) is 5.91 Å². The van der Waals surface area contributed by atoms with Gasteiger partial charge in [-0.15, -0.1) is 0 Å². The molecule has 2 amide bonds. The number of para-hydroxylation sites is 1. The summed E-state index contributed by atoms with van der Waals surface area (Å²) < 4.78 is 17.8. The van der Waals surface area contributed by atoms with Crippen LogP contribution >= 0.6 is 12.2 Å². The number of nitrogens with one attached hydrogen (secondary N) is 1. The van der Waals surface area contributed by atoms with Gasteiger partial charge in [0.1, 0.15) is 18.4 Å². The number of halogens is 1. The van der Waals surface area contributed by atoms with E-state index in [4.69, 9.17) is 17.0 Å². The van der Waals surface area contributed by atoms with Gasteiger partial charge in [0.25, 0.3) is 5.91 Å². The van der Waals surface area contributed by atoms with E-state index in [1.165, 1.54) is 36.3 Å². The lowest BCUT2D eigenvalue weighted by atomic mass is 10.2. The number of carbonyl (C=O) groups is 3. The highest BCUT2D eigenvalue weighted by Gasteiger charge is 2.44. The second-order valence-corrected chi connectivity index (χ2v) is 6.65. The van der Waals surface area contributed by atoms with E-state index in [2.05, 4.69) is 5.32 Å². The molecule has 0 aromatic heterocycles. The maximum absolute atomic E-state index is 13.1. The van der Waals surface area contributed by atoms with Crippen LogP contribution in [0.2, 0.25) is 0 Å². The normalized spacial score (nSPS) is 15.9. The monoisotopic (exact) mass is 415 g/mol. The highest BCUT2D eigenvalue weighted by molar-refractivity contribution is 7.80. The number of ether oxygens (including phenoxy) is 1. The van der Waals surface area contributed by atoms with Gasteiger partial charge in [0.15, 0.2) is 5.11 Å². The Hall–Kier alpha value is -3.33. The predicted octanol–water partition coefficient (Wildman–Crippen LogP) is 2.33. The molecule has 29 heavy (non-hydrogen) atoms. The number of hydrogen-bond donors (Lipinski definition) is 1. The third kappa shape index (κ3) is 4.57. The molecule has 2 aromatic rings. The number of nitrogens with zero attached hydrogens (tertiary/aromatic N) is 2. The predicted molar refractivity (Wildman–Crippen MR) is 109 cm³/mol. The first-order valence-corrected chi connectivity index (χ1v) is 9.13. The first-order chi connectivity index (χ1) is 13.9. The SMILES string of the molecule is COC(=O)CN(C(=S)Nc1ccc(F)cc1)[C@H]1CC(=O)N(c2ccccc2)C1=O. The molecule has 1 saturated heterocycles. The Balaban J connectivity index is 1.85. The smallest absolute Gasteiger partial charge is 0.325 e. The molecule has 1 fully saturated rings. The van der Waals surface area contributed by atoms with Gasteiger partial charge < -0.3 is 15.0 Å². The largest absolute Gasteiger partial charge is 0.468 e. The molecular formula is C20H18FN3O4S. The number of rotatable bonds is 5. The van der Waals surface area contributed by atoms with Crippen molar-refractivity contribution in [2.45, 2.75) is 12.5 Å². The lowest BCUT2D eigenvalue weighted by Crippen LogP contribution is -2.49. The van der Waals surface area contributed by atoms with Gasteiger partial charge in [-0.2, -0.15) is 0 Å². The summed E-state index contributed by atoms with van der Waals surface area (Å²) in [6.07, 6.45) is -0.143. The van der Waals surface area contributed by atoms with Crippen molar-refractivity contribution >= 4 is 46.5 Å². The minimum atomic E-state index is -0.970. The van der Waals surface area contributed by atoms with Gasteiger partial charge in [0, 0.05) is 5.69 Å². The van der Waals surface area contributed by atoms with Crippen molar-refractivity contribution < 1.29 is 23.5 Å². The Morgan fingerprint density at radius 2 is 1.86 bits per heavy atom. The third-order valence-electron chi connectivity index (χ3n) is 4.40. The standard InChI is InChI=1S/C20H18FN3O4S/c1-28-18(26)12-23(20(29)22-14-9-7-13(21)8-10-14)16-11-17(25)24(19(16)27)15-5-3-2-4-6-15/h2-10,16H,11-12H2,1H3,(H,22,29)/t16-/m0/s1. The van der Waals surface area contributed by atoms with Crippen molar-refractivity contribution in [1.29, 1.82) is 0 Å². The van der Waals surface area contributed by atoms with Gasteiger partial charge in [-0.3, -0.25) is 14.4 Å². The van der Waals surface area contributed by atoms with Gasteiger partial charge in [0.05, 0.1) is 19.2 Å². The van der Waals surface area contributed by atoms with Crippen molar-refractivity contribution in [3.05, 3.63) is 60.4 Å². The van der Waals surface area contributed by atoms with E-state index in [1.54, 1.807) is 30.3 Å². The van der Waals surface area contributed by atoms with Crippen molar-refractivity contribution in [3.63, 3.8) is 0 Å². The van der Waals surface area contributed by atoms with E-state index in [9.17, 15) is 18.8 Å². The molecule has 7 nitrogen and oxygen atoms in total. The summed E-state index contributed by atoms with van der Waals surface area (Å²) >= 11 is 5.37. The summed E-state index contributed by atoms with van der Waals surface area (Å²) in [6.45, 7) is -0.324. The maximum atomic E-state index is 13.1. The summed E-state index contributed by atoms with van der Waals surface area (Å²) in [7, 11) is 1.22. The van der Waals surface area contributed by atoms with Gasteiger partial charge in [-0.25, -0.2) is 9.29 Å². The zero-order valence-electron chi connectivity index (χ0n) is 15.5. The van der Waals surface area contributed by atoms with E-state index >= 15 is 0 Å². The second kappa shape index (κ2) is 8.78. The van der Waals surface area contributed by atoms with Crippen LogP contribution in [0.4, 0.5) is 15.8 Å². The van der Waals surface area contributed by atoms with Crippen LogP contribution in [0.15, 0.2) is 54.6 Å². The summed E-state index contributed by atoms with van der Waals surface area (Å²) in [6, 6.07) is 13.0. The van der Waals surface area contributed by atoms with Crippen LogP contribution in [-0.2, 0) is 19.1 Å². The zero-order chi connectivity index (χ0) is 21.0. The van der Waals surface area contributed by atoms with Crippen LogP contribution < -0.4 is 10.2 Å². The highest BCUT2D eigenvalue weighted by Crippen LogP contribution is 2.26. The Bertz CT molecular complexity index is 937. The quantitative estimate of drug-likeness (QED) is 0.456. The summed E-state index contributed by atoms with van der Waals surface area (Å²) in [5, 5.41) is 2.91. The lowest BCUT2D eigenvalue weighted by Gasteiger charge is -2.29. The number of esters is 1. The second-order valence-electron chi connectivity index (χ2n) is 6.26. The average molecular weight is 415 g/mol. The topological polar surface area (TPSA) is 79.0 Å². The number of imide groups is 1. The fourth-order valence-electron chi connectivity index (χ4n) is 2.96. The molecule has 0 saturated carbocycles. The molecule has 2 aromatic carbocycles. The molecule has 0 spiro atoms. The molecule has 1 aliphatic rings. The minimum absolute atomic E-state index is 0.0445. The average Bonchev–Trinajstić information content (AvgIpc) is 3.02. The van der Waals surface area contributed by atoms with Gasteiger partial charge in [-0.05, 0) is 48.6 Å². The number of thiocarbonyl (C=S) groups is 1. The number of anilines is 2. The number of methoxy groups -OCH3 is 1. The van der Waals surface area contributed by atoms with Gasteiger partial charge in [-0.1, -0.05) is 18.2 Å². The molecule has 0 unspecified atom stereocenters. The Morgan fingerprint density at radius 1 is 1.21 bits per heavy atom. The number of carbonyl (C=O) groups excluding carboxylic acids is 3. The fraction of sp³-hybridized carbons (Fsp3) is 0.200. The maximum Gasteiger partial charge on any atom is 0.325 e. The summed E-state index contributed by atoms with van der Waals surface area (Å²) in [4.78, 5) is 39.8. The Labute approximate surface area is 172 Å². The molecule has 0 aliphatic carbocycles. The lowest BCUT2D eigenvalue weighted by molar-refractivity contribution is -0.141. The van der Waals surface area contributed by atoms with Crippen LogP contribution in [0.1, 0.15) is 6.42 Å². The third-order valence-corrected chi connectivity index (χ3v) is 4.73. The Morgan fingerprint density at radius 3 is 2.48 bits per heavy atom. The number of hydrogen-bond acceptors (Lipinski definition) is 5. The zero-order valence-corrected chi connectivity index (χ0v) is 16.3. The molecule has 0 radical (unpaired) electrons. The number of amides is 2. The van der Waals surface area contributed by atoms with E-state index < -0.39 is 29.6 Å². The molecule has 1 atom stereocenters.